The zero-order chi connectivity index (χ0) is 22.2. The summed E-state index contributed by atoms with van der Waals surface area (Å²) in [6, 6.07) is 5.44. The second-order valence-corrected chi connectivity index (χ2v) is 8.79. The number of hydrogen-bond acceptors (Lipinski definition) is 2. The fourth-order valence-electron chi connectivity index (χ4n) is 4.89. The molecule has 1 aromatic rings. The first kappa shape index (κ1) is 21.6. The van der Waals surface area contributed by atoms with Crippen molar-refractivity contribution in [3.8, 4) is 0 Å². The summed E-state index contributed by atoms with van der Waals surface area (Å²) in [6.07, 6.45) is 4.49. The molecule has 1 saturated carbocycles. The van der Waals surface area contributed by atoms with E-state index in [2.05, 4.69) is 17.6 Å². The molecule has 0 radical (unpaired) electrons. The van der Waals surface area contributed by atoms with E-state index in [0.717, 1.165) is 60.4 Å². The summed E-state index contributed by atoms with van der Waals surface area (Å²) in [5, 5.41) is 0. The second-order valence-electron chi connectivity index (χ2n) is 8.79. The van der Waals surface area contributed by atoms with Crippen molar-refractivity contribution < 1.29 is 18.0 Å². The van der Waals surface area contributed by atoms with Crippen LogP contribution in [0.2, 0.25) is 0 Å². The molecule has 0 N–H and O–H groups in total. The lowest BCUT2D eigenvalue weighted by molar-refractivity contribution is -0.137. The molecule has 0 bridgehead atoms. The van der Waals surface area contributed by atoms with Crippen LogP contribution in [0, 0.1) is 11.8 Å². The van der Waals surface area contributed by atoms with Crippen LogP contribution in [0.5, 0.6) is 0 Å². The maximum Gasteiger partial charge on any atom is 0.416 e. The Morgan fingerprint density at radius 3 is 2.58 bits per heavy atom. The van der Waals surface area contributed by atoms with Gasteiger partial charge in [-0.1, -0.05) is 19.1 Å². The summed E-state index contributed by atoms with van der Waals surface area (Å²) in [6.45, 7) is 4.85. The third-order valence-corrected chi connectivity index (χ3v) is 6.78. The van der Waals surface area contributed by atoms with E-state index in [-0.39, 0.29) is 17.6 Å². The summed E-state index contributed by atoms with van der Waals surface area (Å²) >= 11 is 0. The number of carbonyl (C=O) groups is 1. The molecule has 2 nitrogen and oxygen atoms in total. The minimum Gasteiger partial charge on any atom is -0.294 e. The van der Waals surface area contributed by atoms with Gasteiger partial charge in [0.2, 0.25) is 0 Å². The van der Waals surface area contributed by atoms with E-state index >= 15 is 0 Å². The second kappa shape index (κ2) is 8.47. The minimum atomic E-state index is -4.34. The molecule has 1 aliphatic heterocycles. The van der Waals surface area contributed by atoms with Crippen LogP contribution < -0.4 is 0 Å². The van der Waals surface area contributed by atoms with Crippen molar-refractivity contribution in [2.24, 2.45) is 16.8 Å². The van der Waals surface area contributed by atoms with E-state index in [1.54, 1.807) is 18.2 Å². The topological polar surface area (TPSA) is 29.4 Å². The van der Waals surface area contributed by atoms with Crippen molar-refractivity contribution in [2.75, 3.05) is 6.54 Å². The molecular weight excluding hydrogens is 399 g/mol. The first-order valence-corrected chi connectivity index (χ1v) is 10.8. The number of carbonyl (C=O) groups excluding carboxylic acids is 1. The summed E-state index contributed by atoms with van der Waals surface area (Å²) in [5.74, 6) is 0.345. The molecule has 1 fully saturated rings. The number of allylic oxidation sites excluding steroid dienone is 4. The number of Topliss-reactive ketones (excluding diaryl/α,β-unsaturated/α-hetero) is 1. The van der Waals surface area contributed by atoms with E-state index in [4.69, 9.17) is 0 Å². The van der Waals surface area contributed by atoms with Crippen LogP contribution in [-0.2, 0) is 11.0 Å². The highest BCUT2D eigenvalue weighted by Gasteiger charge is 2.35. The normalized spacial score (nSPS) is 26.2. The molecule has 5 heteroatoms. The standard InChI is InChI=1S/C26H26F3NO/c1-16-6-7-21(14-23(16)19-8-10-22(11-9-19)26(27,28)29)25(31)20-5-3-4-18-12-13-30-17(2)24(18)15-20/h4-5,8-11,15-16,21,23H,6-7,12-14H2,1-2H3/t16-,21?,23+/m1/s1. The highest BCUT2D eigenvalue weighted by atomic mass is 19.4. The molecule has 3 aliphatic rings. The van der Waals surface area contributed by atoms with Gasteiger partial charge in [-0.15, -0.1) is 5.73 Å². The molecule has 0 amide bonds. The van der Waals surface area contributed by atoms with Crippen molar-refractivity contribution in [1.82, 2.24) is 0 Å². The van der Waals surface area contributed by atoms with Crippen LogP contribution in [-0.4, -0.2) is 18.0 Å². The number of rotatable bonds is 3. The van der Waals surface area contributed by atoms with Gasteiger partial charge >= 0.3 is 6.18 Å². The van der Waals surface area contributed by atoms with E-state index < -0.39 is 11.7 Å². The van der Waals surface area contributed by atoms with E-state index in [9.17, 15) is 18.0 Å². The van der Waals surface area contributed by atoms with Crippen molar-refractivity contribution in [3.63, 3.8) is 0 Å². The molecule has 0 spiro atoms. The molecule has 162 valence electrons. The van der Waals surface area contributed by atoms with Gasteiger partial charge in [0.05, 0.1) is 5.56 Å². The molecule has 1 heterocycles. The summed E-state index contributed by atoms with van der Waals surface area (Å²) in [7, 11) is 0. The van der Waals surface area contributed by atoms with E-state index in [0.29, 0.717) is 17.9 Å². The smallest absolute Gasteiger partial charge is 0.294 e. The molecule has 3 atom stereocenters. The molecule has 1 aromatic carbocycles. The zero-order valence-electron chi connectivity index (χ0n) is 17.8. The number of ketones is 1. The van der Waals surface area contributed by atoms with Crippen molar-refractivity contribution in [2.45, 2.75) is 51.6 Å². The van der Waals surface area contributed by atoms with Crippen LogP contribution in [0.3, 0.4) is 0 Å². The van der Waals surface area contributed by atoms with Crippen molar-refractivity contribution >= 4 is 11.5 Å². The number of hydrogen-bond donors (Lipinski definition) is 0. The molecule has 0 aromatic heterocycles. The molecule has 1 unspecified atom stereocenters. The van der Waals surface area contributed by atoms with Crippen LogP contribution in [0.25, 0.3) is 0 Å². The highest BCUT2D eigenvalue weighted by molar-refractivity contribution is 6.07. The number of nitrogens with zero attached hydrogens (tertiary/aromatic N) is 1. The number of halogens is 3. The van der Waals surface area contributed by atoms with Gasteiger partial charge in [0.25, 0.3) is 0 Å². The number of alkyl halides is 3. The Labute approximate surface area is 181 Å². The van der Waals surface area contributed by atoms with Crippen molar-refractivity contribution in [3.05, 3.63) is 76.1 Å². The van der Waals surface area contributed by atoms with Gasteiger partial charge in [-0.25, -0.2) is 0 Å². The summed E-state index contributed by atoms with van der Waals surface area (Å²) in [5.41, 5.74) is 7.15. The molecule has 31 heavy (non-hydrogen) atoms. The SMILES string of the molecule is CC1=NCCC2=C1C=C(C(=O)C1CC[C@@H](C)[C@@H](c3ccc(C(F)(F)F)cc3)C1)C=C=C2. The highest BCUT2D eigenvalue weighted by Crippen LogP contribution is 2.42. The van der Waals surface area contributed by atoms with Gasteiger partial charge in [-0.2, -0.15) is 13.2 Å². The molecule has 4 rings (SSSR count). The maximum absolute atomic E-state index is 13.4. The predicted molar refractivity (Wildman–Crippen MR) is 116 cm³/mol. The van der Waals surface area contributed by atoms with Gasteiger partial charge < -0.3 is 0 Å². The van der Waals surface area contributed by atoms with E-state index in [1.165, 1.54) is 0 Å². The predicted octanol–water partition coefficient (Wildman–Crippen LogP) is 6.61. The number of dihydropyridines is 1. The Morgan fingerprint density at radius 2 is 1.87 bits per heavy atom. The van der Waals surface area contributed by atoms with E-state index in [1.807, 2.05) is 19.1 Å². The average molecular weight is 425 g/mol. The summed E-state index contributed by atoms with van der Waals surface area (Å²) < 4.78 is 38.7. The molecule has 0 saturated heterocycles. The Balaban J connectivity index is 1.55. The average Bonchev–Trinajstić information content (AvgIpc) is 2.97. The van der Waals surface area contributed by atoms with Crippen molar-refractivity contribution in [1.29, 1.82) is 0 Å². The first-order chi connectivity index (χ1) is 14.7. The lowest BCUT2D eigenvalue weighted by atomic mass is 9.70. The zero-order valence-corrected chi connectivity index (χ0v) is 17.8. The number of benzene rings is 1. The maximum atomic E-state index is 13.4. The van der Waals surface area contributed by atoms with Crippen LogP contribution in [0.15, 0.2) is 69.9 Å². The lowest BCUT2D eigenvalue weighted by Crippen LogP contribution is -2.27. The first-order valence-electron chi connectivity index (χ1n) is 10.8. The minimum absolute atomic E-state index is 0.0728. The third-order valence-electron chi connectivity index (χ3n) is 6.78. The fraction of sp³-hybridized carbons (Fsp3) is 0.423. The van der Waals surface area contributed by atoms with Crippen LogP contribution in [0.1, 0.15) is 56.6 Å². The van der Waals surface area contributed by atoms with Gasteiger partial charge in [0.15, 0.2) is 5.78 Å². The fourth-order valence-corrected chi connectivity index (χ4v) is 4.89. The molecule has 2 aliphatic carbocycles. The van der Waals surface area contributed by atoms with Gasteiger partial charge in [0, 0.05) is 23.7 Å². The Bertz CT molecular complexity index is 1030. The van der Waals surface area contributed by atoms with Crippen LogP contribution >= 0.6 is 0 Å². The van der Waals surface area contributed by atoms with Gasteiger partial charge in [0.1, 0.15) is 0 Å². The largest absolute Gasteiger partial charge is 0.416 e. The van der Waals surface area contributed by atoms with Gasteiger partial charge in [-0.3, -0.25) is 9.79 Å². The quantitative estimate of drug-likeness (QED) is 0.501. The Morgan fingerprint density at radius 1 is 1.13 bits per heavy atom. The Hall–Kier alpha value is -2.65. The Kier molecular flexibility index (Phi) is 5.90. The molecular formula is C26H26F3NO. The monoisotopic (exact) mass is 425 g/mol. The lowest BCUT2D eigenvalue weighted by Gasteiger charge is -2.34. The summed E-state index contributed by atoms with van der Waals surface area (Å²) in [4.78, 5) is 17.9. The number of aliphatic imine (C=N–C) groups is 1. The van der Waals surface area contributed by atoms with Gasteiger partial charge in [-0.05, 0) is 91.5 Å². The van der Waals surface area contributed by atoms with Crippen LogP contribution in [0.4, 0.5) is 13.2 Å². The third kappa shape index (κ3) is 4.52.